The van der Waals surface area contributed by atoms with Crippen LogP contribution in [0.2, 0.25) is 0 Å². The number of hydrogen-bond donors (Lipinski definition) is 0. The Bertz CT molecular complexity index is 856. The Morgan fingerprint density at radius 1 is 1.11 bits per heavy atom. The number of aryl methyl sites for hydroxylation is 1. The Morgan fingerprint density at radius 2 is 1.78 bits per heavy atom. The third-order valence-corrected chi connectivity index (χ3v) is 7.44. The Hall–Kier alpha value is -1.74. The minimum atomic E-state index is -3.50. The third kappa shape index (κ3) is 4.95. The van der Waals surface area contributed by atoms with Gasteiger partial charge in [-0.15, -0.1) is 11.3 Å². The molecule has 146 valence electrons. The molecule has 6 nitrogen and oxygen atoms in total. The summed E-state index contributed by atoms with van der Waals surface area (Å²) in [6.45, 7) is 4.52. The van der Waals surface area contributed by atoms with Gasteiger partial charge in [0.05, 0.1) is 11.4 Å². The molecule has 1 aromatic heterocycles. The van der Waals surface area contributed by atoms with E-state index in [4.69, 9.17) is 0 Å². The molecule has 1 amide bonds. The van der Waals surface area contributed by atoms with Crippen molar-refractivity contribution in [3.63, 3.8) is 0 Å². The minimum absolute atomic E-state index is 0.0430. The summed E-state index contributed by atoms with van der Waals surface area (Å²) in [6, 6.07) is 10.9. The van der Waals surface area contributed by atoms with Gasteiger partial charge in [0.15, 0.2) is 0 Å². The number of sulfonamides is 1. The van der Waals surface area contributed by atoms with E-state index in [2.05, 4.69) is 6.07 Å². The van der Waals surface area contributed by atoms with Crippen molar-refractivity contribution in [2.45, 2.75) is 18.4 Å². The zero-order valence-corrected chi connectivity index (χ0v) is 17.3. The maximum Gasteiger partial charge on any atom is 0.243 e. The first kappa shape index (κ1) is 20.0. The molecular weight excluding hydrogens is 382 g/mol. The summed E-state index contributed by atoms with van der Waals surface area (Å²) in [5.74, 6) is 0.0430. The van der Waals surface area contributed by atoms with Crippen LogP contribution in [0.3, 0.4) is 0 Å². The summed E-state index contributed by atoms with van der Waals surface area (Å²) in [4.78, 5) is 17.8. The van der Waals surface area contributed by atoms with E-state index in [1.807, 2.05) is 30.3 Å². The zero-order valence-electron chi connectivity index (χ0n) is 15.7. The van der Waals surface area contributed by atoms with Gasteiger partial charge in [0, 0.05) is 37.6 Å². The lowest BCUT2D eigenvalue weighted by Crippen LogP contribution is -2.52. The van der Waals surface area contributed by atoms with Gasteiger partial charge >= 0.3 is 0 Å². The molecule has 0 N–H and O–H groups in total. The van der Waals surface area contributed by atoms with Crippen molar-refractivity contribution in [1.29, 1.82) is 0 Å². The van der Waals surface area contributed by atoms with E-state index in [-0.39, 0.29) is 5.91 Å². The first-order valence-corrected chi connectivity index (χ1v) is 11.2. The molecule has 2 aromatic rings. The van der Waals surface area contributed by atoms with Crippen LogP contribution >= 0.6 is 11.3 Å². The number of likely N-dealkylation sites (N-methyl/N-ethyl adjacent to an activating group) is 1. The molecular formula is C19H25N3O3S2. The van der Waals surface area contributed by atoms with Crippen LogP contribution in [0.25, 0.3) is 0 Å². The van der Waals surface area contributed by atoms with Crippen LogP contribution in [-0.2, 0) is 21.4 Å². The second kappa shape index (κ2) is 8.52. The standard InChI is InChI=1S/C19H25N3O3S2/c1-16-5-7-18(8-6-16)27(24,25)22-11-9-21(10-12-22)19(23)15-20(2)14-17-4-3-13-26-17/h3-8,13H,9-12,14-15H2,1-2H3. The van der Waals surface area contributed by atoms with Crippen LogP contribution in [-0.4, -0.2) is 68.2 Å². The van der Waals surface area contributed by atoms with Crippen LogP contribution < -0.4 is 0 Å². The smallest absolute Gasteiger partial charge is 0.243 e. The van der Waals surface area contributed by atoms with Crippen LogP contribution in [0.4, 0.5) is 0 Å². The highest BCUT2D eigenvalue weighted by Gasteiger charge is 2.30. The zero-order chi connectivity index (χ0) is 19.4. The Kier molecular flexibility index (Phi) is 6.31. The van der Waals surface area contributed by atoms with E-state index in [1.54, 1.807) is 40.5 Å². The largest absolute Gasteiger partial charge is 0.339 e. The molecule has 27 heavy (non-hydrogen) atoms. The van der Waals surface area contributed by atoms with E-state index >= 15 is 0 Å². The van der Waals surface area contributed by atoms with Crippen molar-refractivity contribution in [3.8, 4) is 0 Å². The van der Waals surface area contributed by atoms with Gasteiger partial charge in [-0.3, -0.25) is 9.69 Å². The summed E-state index contributed by atoms with van der Waals surface area (Å²) in [5, 5.41) is 2.03. The molecule has 0 spiro atoms. The highest BCUT2D eigenvalue weighted by atomic mass is 32.2. The summed E-state index contributed by atoms with van der Waals surface area (Å²) >= 11 is 1.68. The number of carbonyl (C=O) groups excluding carboxylic acids is 1. The summed E-state index contributed by atoms with van der Waals surface area (Å²) in [6.07, 6.45) is 0. The number of thiophene rings is 1. The number of hydrogen-bond acceptors (Lipinski definition) is 5. The molecule has 0 saturated carbocycles. The van der Waals surface area contributed by atoms with Gasteiger partial charge in [0.1, 0.15) is 0 Å². The maximum atomic E-state index is 12.7. The number of amides is 1. The van der Waals surface area contributed by atoms with Gasteiger partial charge in [-0.2, -0.15) is 4.31 Å². The predicted molar refractivity (Wildman–Crippen MR) is 107 cm³/mol. The van der Waals surface area contributed by atoms with Crippen molar-refractivity contribution < 1.29 is 13.2 Å². The molecule has 0 unspecified atom stereocenters. The molecule has 1 aliphatic rings. The van der Waals surface area contributed by atoms with Gasteiger partial charge in [-0.1, -0.05) is 23.8 Å². The first-order chi connectivity index (χ1) is 12.9. The van der Waals surface area contributed by atoms with E-state index in [0.717, 1.165) is 12.1 Å². The van der Waals surface area contributed by atoms with E-state index in [1.165, 1.54) is 9.18 Å². The van der Waals surface area contributed by atoms with Crippen molar-refractivity contribution in [2.75, 3.05) is 39.8 Å². The molecule has 1 fully saturated rings. The fourth-order valence-electron chi connectivity index (χ4n) is 3.09. The molecule has 2 heterocycles. The molecule has 1 aliphatic heterocycles. The van der Waals surface area contributed by atoms with Crippen molar-refractivity contribution >= 4 is 27.3 Å². The van der Waals surface area contributed by atoms with Gasteiger partial charge in [0.2, 0.25) is 15.9 Å². The SMILES string of the molecule is Cc1ccc(S(=O)(=O)N2CCN(C(=O)CN(C)Cc3cccs3)CC2)cc1. The van der Waals surface area contributed by atoms with Gasteiger partial charge < -0.3 is 4.90 Å². The van der Waals surface area contributed by atoms with Gasteiger partial charge in [-0.25, -0.2) is 8.42 Å². The van der Waals surface area contributed by atoms with E-state index in [0.29, 0.717) is 37.6 Å². The van der Waals surface area contributed by atoms with Gasteiger partial charge in [0.25, 0.3) is 0 Å². The third-order valence-electron chi connectivity index (χ3n) is 4.66. The Balaban J connectivity index is 1.53. The monoisotopic (exact) mass is 407 g/mol. The molecule has 0 radical (unpaired) electrons. The van der Waals surface area contributed by atoms with E-state index in [9.17, 15) is 13.2 Å². The molecule has 0 aliphatic carbocycles. The van der Waals surface area contributed by atoms with Gasteiger partial charge in [-0.05, 0) is 37.6 Å². The lowest BCUT2D eigenvalue weighted by atomic mass is 10.2. The average Bonchev–Trinajstić information content (AvgIpc) is 3.15. The molecule has 3 rings (SSSR count). The topological polar surface area (TPSA) is 60.9 Å². The first-order valence-electron chi connectivity index (χ1n) is 8.92. The molecule has 1 aromatic carbocycles. The maximum absolute atomic E-state index is 12.7. The number of rotatable bonds is 6. The number of carbonyl (C=O) groups is 1. The summed E-state index contributed by atoms with van der Waals surface area (Å²) in [7, 11) is -1.57. The summed E-state index contributed by atoms with van der Waals surface area (Å²) < 4.78 is 27.0. The van der Waals surface area contributed by atoms with Crippen LogP contribution in [0.5, 0.6) is 0 Å². The second-order valence-electron chi connectivity index (χ2n) is 6.85. The minimum Gasteiger partial charge on any atom is -0.339 e. The molecule has 0 bridgehead atoms. The molecule has 0 atom stereocenters. The fourth-order valence-corrected chi connectivity index (χ4v) is 5.30. The van der Waals surface area contributed by atoms with Crippen LogP contribution in [0.1, 0.15) is 10.4 Å². The predicted octanol–water partition coefficient (Wildman–Crippen LogP) is 2.02. The number of nitrogens with zero attached hydrogens (tertiary/aromatic N) is 3. The number of piperazine rings is 1. The summed E-state index contributed by atoms with van der Waals surface area (Å²) in [5.41, 5.74) is 1.02. The number of benzene rings is 1. The molecule has 8 heteroatoms. The second-order valence-corrected chi connectivity index (χ2v) is 9.82. The lowest BCUT2D eigenvalue weighted by Gasteiger charge is -2.34. The Morgan fingerprint density at radius 3 is 2.37 bits per heavy atom. The quantitative estimate of drug-likeness (QED) is 0.735. The van der Waals surface area contributed by atoms with Crippen LogP contribution in [0.15, 0.2) is 46.7 Å². The fraction of sp³-hybridized carbons (Fsp3) is 0.421. The average molecular weight is 408 g/mol. The van der Waals surface area contributed by atoms with Crippen molar-refractivity contribution in [1.82, 2.24) is 14.1 Å². The van der Waals surface area contributed by atoms with Crippen molar-refractivity contribution in [2.24, 2.45) is 0 Å². The Labute approximate surface area is 165 Å². The normalized spacial score (nSPS) is 16.0. The van der Waals surface area contributed by atoms with Crippen molar-refractivity contribution in [3.05, 3.63) is 52.2 Å². The highest BCUT2D eigenvalue weighted by Crippen LogP contribution is 2.18. The van der Waals surface area contributed by atoms with Crippen LogP contribution in [0, 0.1) is 6.92 Å². The van der Waals surface area contributed by atoms with E-state index < -0.39 is 10.0 Å². The lowest BCUT2D eigenvalue weighted by molar-refractivity contribution is -0.133. The highest BCUT2D eigenvalue weighted by molar-refractivity contribution is 7.89. The molecule has 1 saturated heterocycles.